The second-order valence-electron chi connectivity index (χ2n) is 17.4. The number of esters is 1. The Morgan fingerprint density at radius 2 is 1.03 bits per heavy atom. The molecule has 0 radical (unpaired) electrons. The molecule has 6 atom stereocenters. The van der Waals surface area contributed by atoms with E-state index >= 15 is 0 Å². The minimum absolute atomic E-state index is 0.0407. The Morgan fingerprint density at radius 1 is 0.607 bits per heavy atom. The summed E-state index contributed by atoms with van der Waals surface area (Å²) in [4.78, 5) is 12.8. The molecule has 13 heteroatoms. The average Bonchev–Trinajstić information content (AvgIpc) is 3.23. The molecule has 362 valence electrons. The summed E-state index contributed by atoms with van der Waals surface area (Å²) in [5, 5.41) is 30.7. The van der Waals surface area contributed by atoms with Crippen LogP contribution in [0.4, 0.5) is 0 Å². The van der Waals surface area contributed by atoms with E-state index in [1.807, 2.05) is 0 Å². The van der Waals surface area contributed by atoms with Crippen molar-refractivity contribution in [1.29, 1.82) is 0 Å². The molecule has 1 rings (SSSR count). The van der Waals surface area contributed by atoms with Crippen LogP contribution in [0, 0.1) is 0 Å². The van der Waals surface area contributed by atoms with Gasteiger partial charge >= 0.3 is 16.4 Å². The Hall–Kier alpha value is -1.16. The fourth-order valence-corrected chi connectivity index (χ4v) is 8.35. The van der Waals surface area contributed by atoms with E-state index in [1.165, 1.54) is 161 Å². The van der Waals surface area contributed by atoms with Gasteiger partial charge in [-0.2, -0.15) is 8.42 Å². The highest BCUT2D eigenvalue weighted by Gasteiger charge is 2.48. The van der Waals surface area contributed by atoms with Gasteiger partial charge in [0, 0.05) is 13.0 Å². The minimum atomic E-state index is -5.06. The molecule has 0 aromatic rings. The fourth-order valence-electron chi connectivity index (χ4n) is 7.85. The predicted octanol–water partition coefficient (Wildman–Crippen LogP) is 11.0. The molecule has 0 bridgehead atoms. The molecule has 61 heavy (non-hydrogen) atoms. The Morgan fingerprint density at radius 3 is 1.48 bits per heavy atom. The van der Waals surface area contributed by atoms with E-state index in [1.54, 1.807) is 0 Å². The SMILES string of the molecule is CCCCCCCCCC/C=C\CCCCCCCCCCCCOCC(COC1OC(CO)C(O)C(OS(=O)(=O)O)C1O)OC(=O)CCCCCCCCCCCCCC. The molecular weight excluding hydrogens is 801 g/mol. The zero-order valence-electron chi connectivity index (χ0n) is 38.7. The summed E-state index contributed by atoms with van der Waals surface area (Å²) in [5.41, 5.74) is 0. The smallest absolute Gasteiger partial charge is 0.397 e. The van der Waals surface area contributed by atoms with E-state index in [9.17, 15) is 28.5 Å². The maximum atomic E-state index is 12.8. The maximum absolute atomic E-state index is 12.8. The highest BCUT2D eigenvalue weighted by Crippen LogP contribution is 2.26. The molecule has 1 fully saturated rings. The third kappa shape index (κ3) is 33.9. The number of unbranched alkanes of at least 4 members (excludes halogenated alkanes) is 29. The maximum Gasteiger partial charge on any atom is 0.397 e. The van der Waals surface area contributed by atoms with Gasteiger partial charge in [-0.1, -0.05) is 193 Å². The minimum Gasteiger partial charge on any atom is -0.457 e. The largest absolute Gasteiger partial charge is 0.457 e. The number of aliphatic hydroxyl groups is 3. The summed E-state index contributed by atoms with van der Waals surface area (Å²) in [6.45, 7) is 4.01. The number of hydrogen-bond donors (Lipinski definition) is 4. The van der Waals surface area contributed by atoms with Crippen LogP contribution in [-0.4, -0.2) is 97.5 Å². The number of carbonyl (C=O) groups is 1. The van der Waals surface area contributed by atoms with E-state index < -0.39 is 59.8 Å². The molecule has 1 saturated heterocycles. The molecule has 4 N–H and O–H groups in total. The lowest BCUT2D eigenvalue weighted by atomic mass is 9.99. The number of aliphatic hydroxyl groups excluding tert-OH is 3. The van der Waals surface area contributed by atoms with Gasteiger partial charge in [0.15, 0.2) is 6.29 Å². The number of allylic oxidation sites excluding steroid dienone is 2. The van der Waals surface area contributed by atoms with Crippen LogP contribution in [0.3, 0.4) is 0 Å². The quantitative estimate of drug-likeness (QED) is 0.0197. The molecule has 0 aliphatic carbocycles. The number of rotatable bonds is 44. The molecule has 12 nitrogen and oxygen atoms in total. The Bertz CT molecular complexity index is 1120. The number of carbonyl (C=O) groups excluding carboxylic acids is 1. The van der Waals surface area contributed by atoms with Crippen LogP contribution in [0.25, 0.3) is 0 Å². The molecular formula is C48H92O12S. The summed E-state index contributed by atoms with van der Waals surface area (Å²) in [5.74, 6) is -0.396. The van der Waals surface area contributed by atoms with Gasteiger partial charge in [-0.25, -0.2) is 4.18 Å². The van der Waals surface area contributed by atoms with E-state index in [4.69, 9.17) is 23.5 Å². The van der Waals surface area contributed by atoms with Crippen LogP contribution >= 0.6 is 0 Å². The first-order chi connectivity index (χ1) is 29.6. The standard InChI is InChI=1S/C48H92O12S/c1-3-5-7-9-11-13-15-17-18-19-20-21-22-23-24-25-26-28-30-32-34-36-38-56-40-42(58-44(50)37-35-33-31-29-27-16-14-12-10-8-6-4-2)41-57-48-46(52)47(60-61(53,54)55)45(51)43(39-49)59-48/h19-20,42-43,45-49,51-52H,3-18,21-41H2,1-2H3,(H,53,54,55)/b20-19-. The predicted molar refractivity (Wildman–Crippen MR) is 244 cm³/mol. The van der Waals surface area contributed by atoms with Crippen molar-refractivity contribution in [1.82, 2.24) is 0 Å². The van der Waals surface area contributed by atoms with Crippen molar-refractivity contribution in [3.8, 4) is 0 Å². The summed E-state index contributed by atoms with van der Waals surface area (Å²) in [7, 11) is -5.06. The first kappa shape index (κ1) is 57.9. The van der Waals surface area contributed by atoms with Gasteiger partial charge in [0.25, 0.3) is 0 Å². The molecule has 0 saturated carbocycles. The van der Waals surface area contributed by atoms with Crippen molar-refractivity contribution in [3.63, 3.8) is 0 Å². The molecule has 1 heterocycles. The second kappa shape index (κ2) is 40.4. The van der Waals surface area contributed by atoms with Crippen molar-refractivity contribution >= 4 is 16.4 Å². The van der Waals surface area contributed by atoms with Crippen LogP contribution in [0.1, 0.15) is 226 Å². The molecule has 0 amide bonds. The number of hydrogen-bond acceptors (Lipinski definition) is 11. The third-order valence-corrected chi connectivity index (χ3v) is 12.1. The third-order valence-electron chi connectivity index (χ3n) is 11.6. The zero-order chi connectivity index (χ0) is 44.7. The van der Waals surface area contributed by atoms with E-state index in [0.717, 1.165) is 38.5 Å². The van der Waals surface area contributed by atoms with E-state index in [2.05, 4.69) is 30.2 Å². The van der Waals surface area contributed by atoms with E-state index in [-0.39, 0.29) is 19.6 Å². The zero-order valence-corrected chi connectivity index (χ0v) is 39.6. The van der Waals surface area contributed by atoms with Gasteiger partial charge in [-0.15, -0.1) is 0 Å². The van der Waals surface area contributed by atoms with Crippen molar-refractivity contribution in [2.45, 2.75) is 263 Å². The van der Waals surface area contributed by atoms with Crippen LogP contribution in [0.5, 0.6) is 0 Å². The molecule has 0 aromatic carbocycles. The van der Waals surface area contributed by atoms with Crippen LogP contribution < -0.4 is 0 Å². The van der Waals surface area contributed by atoms with Crippen LogP contribution in [0.2, 0.25) is 0 Å². The first-order valence-corrected chi connectivity index (χ1v) is 26.3. The summed E-state index contributed by atoms with van der Waals surface area (Å²) in [6.07, 6.45) is 35.4. The van der Waals surface area contributed by atoms with Gasteiger partial charge in [0.1, 0.15) is 30.5 Å². The van der Waals surface area contributed by atoms with Gasteiger partial charge in [-0.3, -0.25) is 9.35 Å². The lowest BCUT2D eigenvalue weighted by Crippen LogP contribution is -2.60. The Kier molecular flexibility index (Phi) is 38.3. The van der Waals surface area contributed by atoms with Crippen molar-refractivity contribution in [2.24, 2.45) is 0 Å². The highest BCUT2D eigenvalue weighted by atomic mass is 32.3. The van der Waals surface area contributed by atoms with Gasteiger partial charge in [0.2, 0.25) is 0 Å². The molecule has 0 aromatic heterocycles. The molecule has 6 unspecified atom stereocenters. The van der Waals surface area contributed by atoms with Crippen LogP contribution in [-0.2, 0) is 38.3 Å². The van der Waals surface area contributed by atoms with Gasteiger partial charge in [-0.05, 0) is 38.5 Å². The average molecular weight is 893 g/mol. The van der Waals surface area contributed by atoms with Crippen molar-refractivity contribution < 1.29 is 56.2 Å². The lowest BCUT2D eigenvalue weighted by Gasteiger charge is -2.41. The summed E-state index contributed by atoms with van der Waals surface area (Å²) >= 11 is 0. The highest BCUT2D eigenvalue weighted by molar-refractivity contribution is 7.80. The Labute approximate surface area is 372 Å². The Balaban J connectivity index is 2.32. The number of ether oxygens (including phenoxy) is 4. The van der Waals surface area contributed by atoms with Gasteiger partial charge in [0.05, 0.1) is 19.8 Å². The molecule has 1 aliphatic rings. The summed E-state index contributed by atoms with van der Waals surface area (Å²) < 4.78 is 59.1. The van der Waals surface area contributed by atoms with E-state index in [0.29, 0.717) is 13.0 Å². The second-order valence-corrected chi connectivity index (χ2v) is 18.5. The molecule has 0 spiro atoms. The first-order valence-electron chi connectivity index (χ1n) is 24.9. The lowest BCUT2D eigenvalue weighted by molar-refractivity contribution is -0.301. The fraction of sp³-hybridized carbons (Fsp3) is 0.938. The van der Waals surface area contributed by atoms with Crippen molar-refractivity contribution in [2.75, 3.05) is 26.4 Å². The van der Waals surface area contributed by atoms with Crippen molar-refractivity contribution in [3.05, 3.63) is 12.2 Å². The topological polar surface area (TPSA) is 178 Å². The monoisotopic (exact) mass is 893 g/mol. The normalized spacial score (nSPS) is 20.1. The van der Waals surface area contributed by atoms with Gasteiger partial charge < -0.3 is 34.3 Å². The molecule has 1 aliphatic heterocycles. The summed E-state index contributed by atoms with van der Waals surface area (Å²) in [6, 6.07) is 0. The van der Waals surface area contributed by atoms with Crippen LogP contribution in [0.15, 0.2) is 12.2 Å².